The Morgan fingerprint density at radius 2 is 2.14 bits per heavy atom. The Morgan fingerprint density at radius 3 is 2.50 bits per heavy atom. The molecule has 5 heteroatoms. The number of carbonyl (C=O) groups is 2. The standard InChI is InChI=1S/C9H15NO3S/c1-6(14-2)5-10-7(11)9(3-4-9)8(12)13/h6H,3-5H2,1-2H3,(H,10,11)(H,12,13). The molecule has 0 saturated heterocycles. The van der Waals surface area contributed by atoms with Gasteiger partial charge in [-0.2, -0.15) is 11.8 Å². The third-order valence-electron chi connectivity index (χ3n) is 2.55. The van der Waals surface area contributed by atoms with Crippen LogP contribution in [0.1, 0.15) is 19.8 Å². The molecule has 0 bridgehead atoms. The topological polar surface area (TPSA) is 66.4 Å². The molecule has 4 nitrogen and oxygen atoms in total. The van der Waals surface area contributed by atoms with Gasteiger partial charge in [0.2, 0.25) is 5.91 Å². The number of amides is 1. The highest BCUT2D eigenvalue weighted by atomic mass is 32.2. The Bertz CT molecular complexity index is 250. The Balaban J connectivity index is 2.39. The van der Waals surface area contributed by atoms with Crippen molar-refractivity contribution in [1.29, 1.82) is 0 Å². The van der Waals surface area contributed by atoms with E-state index < -0.39 is 11.4 Å². The van der Waals surface area contributed by atoms with E-state index in [4.69, 9.17) is 5.11 Å². The zero-order chi connectivity index (χ0) is 10.8. The van der Waals surface area contributed by atoms with Gasteiger partial charge in [-0.05, 0) is 19.1 Å². The minimum Gasteiger partial charge on any atom is -0.480 e. The van der Waals surface area contributed by atoms with E-state index in [9.17, 15) is 9.59 Å². The van der Waals surface area contributed by atoms with Crippen LogP contribution in [-0.2, 0) is 9.59 Å². The van der Waals surface area contributed by atoms with Crippen LogP contribution in [0.5, 0.6) is 0 Å². The normalized spacial score (nSPS) is 19.9. The maximum absolute atomic E-state index is 11.5. The first-order chi connectivity index (χ1) is 6.53. The van der Waals surface area contributed by atoms with Crippen molar-refractivity contribution >= 4 is 23.6 Å². The van der Waals surface area contributed by atoms with Crippen LogP contribution in [0.4, 0.5) is 0 Å². The molecule has 0 spiro atoms. The number of carboxylic acids is 1. The number of nitrogens with one attached hydrogen (secondary N) is 1. The molecule has 1 aliphatic carbocycles. The largest absolute Gasteiger partial charge is 0.480 e. The van der Waals surface area contributed by atoms with Crippen molar-refractivity contribution in [3.8, 4) is 0 Å². The van der Waals surface area contributed by atoms with Gasteiger partial charge in [-0.25, -0.2) is 0 Å². The highest BCUT2D eigenvalue weighted by Gasteiger charge is 2.56. The van der Waals surface area contributed by atoms with Crippen molar-refractivity contribution in [2.75, 3.05) is 12.8 Å². The van der Waals surface area contributed by atoms with E-state index in [1.165, 1.54) is 0 Å². The SMILES string of the molecule is CSC(C)CNC(=O)C1(C(=O)O)CC1. The van der Waals surface area contributed by atoms with Crippen LogP contribution in [-0.4, -0.2) is 35.0 Å². The van der Waals surface area contributed by atoms with Gasteiger partial charge in [-0.3, -0.25) is 9.59 Å². The summed E-state index contributed by atoms with van der Waals surface area (Å²) in [6, 6.07) is 0. The molecule has 2 N–H and O–H groups in total. The summed E-state index contributed by atoms with van der Waals surface area (Å²) in [6.07, 6.45) is 2.91. The number of aliphatic carboxylic acids is 1. The van der Waals surface area contributed by atoms with Gasteiger partial charge in [0.1, 0.15) is 5.41 Å². The van der Waals surface area contributed by atoms with Crippen LogP contribution in [0.3, 0.4) is 0 Å². The summed E-state index contributed by atoms with van der Waals surface area (Å²) in [4.78, 5) is 22.3. The lowest BCUT2D eigenvalue weighted by atomic mass is 10.1. The predicted molar refractivity (Wildman–Crippen MR) is 55.3 cm³/mol. The summed E-state index contributed by atoms with van der Waals surface area (Å²) in [7, 11) is 0. The monoisotopic (exact) mass is 217 g/mol. The van der Waals surface area contributed by atoms with Gasteiger partial charge in [0.05, 0.1) is 0 Å². The van der Waals surface area contributed by atoms with Gasteiger partial charge in [0.25, 0.3) is 0 Å². The van der Waals surface area contributed by atoms with E-state index in [0.29, 0.717) is 24.6 Å². The summed E-state index contributed by atoms with van der Waals surface area (Å²) >= 11 is 1.64. The number of hydrogen-bond acceptors (Lipinski definition) is 3. The Hall–Kier alpha value is -0.710. The van der Waals surface area contributed by atoms with E-state index in [0.717, 1.165) is 0 Å². The molecule has 1 fully saturated rings. The first-order valence-electron chi connectivity index (χ1n) is 4.57. The molecule has 1 unspecified atom stereocenters. The summed E-state index contributed by atoms with van der Waals surface area (Å²) in [5.41, 5.74) is -1.10. The molecule has 0 aromatic heterocycles. The first-order valence-corrected chi connectivity index (χ1v) is 5.86. The van der Waals surface area contributed by atoms with E-state index in [1.54, 1.807) is 11.8 Å². The van der Waals surface area contributed by atoms with Crippen LogP contribution in [0.2, 0.25) is 0 Å². The first kappa shape index (κ1) is 11.4. The van der Waals surface area contributed by atoms with E-state index in [1.807, 2.05) is 13.2 Å². The van der Waals surface area contributed by atoms with Crippen molar-refractivity contribution in [1.82, 2.24) is 5.32 Å². The molecule has 14 heavy (non-hydrogen) atoms. The number of thioether (sulfide) groups is 1. The molecular weight excluding hydrogens is 202 g/mol. The Kier molecular flexibility index (Phi) is 3.42. The van der Waals surface area contributed by atoms with Crippen molar-refractivity contribution < 1.29 is 14.7 Å². The molecule has 80 valence electrons. The van der Waals surface area contributed by atoms with Crippen molar-refractivity contribution in [2.24, 2.45) is 5.41 Å². The lowest BCUT2D eigenvalue weighted by molar-refractivity contribution is -0.149. The number of carbonyl (C=O) groups excluding carboxylic acids is 1. The zero-order valence-corrected chi connectivity index (χ0v) is 9.19. The van der Waals surface area contributed by atoms with Gasteiger partial charge in [0, 0.05) is 11.8 Å². The van der Waals surface area contributed by atoms with Crippen LogP contribution >= 0.6 is 11.8 Å². The fourth-order valence-electron chi connectivity index (χ4n) is 1.15. The van der Waals surface area contributed by atoms with Crippen LogP contribution in [0, 0.1) is 5.41 Å². The summed E-state index contributed by atoms with van der Waals surface area (Å²) in [6.45, 7) is 2.53. The van der Waals surface area contributed by atoms with Crippen molar-refractivity contribution in [3.63, 3.8) is 0 Å². The second-order valence-corrected chi connectivity index (χ2v) is 4.92. The average molecular weight is 217 g/mol. The fraction of sp³-hybridized carbons (Fsp3) is 0.778. The summed E-state index contributed by atoms with van der Waals surface area (Å²) in [5, 5.41) is 11.8. The van der Waals surface area contributed by atoms with Crippen LogP contribution in [0.15, 0.2) is 0 Å². The zero-order valence-electron chi connectivity index (χ0n) is 8.37. The molecule has 0 radical (unpaired) electrons. The van der Waals surface area contributed by atoms with Crippen LogP contribution in [0.25, 0.3) is 0 Å². The molecular formula is C9H15NO3S. The number of hydrogen-bond donors (Lipinski definition) is 2. The summed E-state index contributed by atoms with van der Waals surface area (Å²) < 4.78 is 0. The van der Waals surface area contributed by atoms with Crippen molar-refractivity contribution in [2.45, 2.75) is 25.0 Å². The third kappa shape index (κ3) is 2.20. The molecule has 1 aliphatic rings. The molecule has 0 aliphatic heterocycles. The molecule has 1 rings (SSSR count). The van der Waals surface area contributed by atoms with Crippen molar-refractivity contribution in [3.05, 3.63) is 0 Å². The molecule has 1 atom stereocenters. The van der Waals surface area contributed by atoms with Gasteiger partial charge in [-0.1, -0.05) is 6.92 Å². The van der Waals surface area contributed by atoms with Crippen LogP contribution < -0.4 is 5.32 Å². The lowest BCUT2D eigenvalue weighted by Gasteiger charge is -2.13. The molecule has 0 aromatic carbocycles. The quantitative estimate of drug-likeness (QED) is 0.666. The second kappa shape index (κ2) is 4.21. The van der Waals surface area contributed by atoms with Gasteiger partial charge in [-0.15, -0.1) is 0 Å². The number of carboxylic acid groups (broad SMARTS) is 1. The fourth-order valence-corrected chi connectivity index (χ4v) is 1.40. The molecule has 0 heterocycles. The lowest BCUT2D eigenvalue weighted by Crippen LogP contribution is -2.39. The minimum absolute atomic E-state index is 0.323. The number of rotatable bonds is 5. The average Bonchev–Trinajstić information content (AvgIpc) is 2.94. The third-order valence-corrected chi connectivity index (χ3v) is 3.52. The smallest absolute Gasteiger partial charge is 0.319 e. The Morgan fingerprint density at radius 1 is 1.57 bits per heavy atom. The minimum atomic E-state index is -1.10. The molecule has 1 saturated carbocycles. The van der Waals surface area contributed by atoms with Gasteiger partial charge >= 0.3 is 5.97 Å². The van der Waals surface area contributed by atoms with E-state index in [2.05, 4.69) is 5.32 Å². The summed E-state index contributed by atoms with van der Waals surface area (Å²) in [5.74, 6) is -1.32. The van der Waals surface area contributed by atoms with Gasteiger partial charge < -0.3 is 10.4 Å². The Labute approximate surface area is 87.4 Å². The van der Waals surface area contributed by atoms with E-state index in [-0.39, 0.29) is 5.91 Å². The maximum Gasteiger partial charge on any atom is 0.319 e. The van der Waals surface area contributed by atoms with Gasteiger partial charge in [0.15, 0.2) is 0 Å². The second-order valence-electron chi connectivity index (χ2n) is 3.64. The molecule has 0 aromatic rings. The molecule has 1 amide bonds. The predicted octanol–water partition coefficient (Wildman–Crippen LogP) is 0.719. The highest BCUT2D eigenvalue weighted by molar-refractivity contribution is 7.99. The highest BCUT2D eigenvalue weighted by Crippen LogP contribution is 2.46. The van der Waals surface area contributed by atoms with E-state index >= 15 is 0 Å². The maximum atomic E-state index is 11.5.